The maximum atomic E-state index is 12.1. The van der Waals surface area contributed by atoms with Crippen molar-refractivity contribution in [2.45, 2.75) is 13.3 Å². The van der Waals surface area contributed by atoms with Crippen LogP contribution in [0.4, 0.5) is 0 Å². The van der Waals surface area contributed by atoms with Gasteiger partial charge in [0.05, 0.1) is 18.7 Å². The number of benzene rings is 2. The van der Waals surface area contributed by atoms with Gasteiger partial charge >= 0.3 is 5.97 Å². The zero-order chi connectivity index (χ0) is 15.7. The molecule has 0 saturated heterocycles. The molecular weight excluding hydrogens is 276 g/mol. The SMILES string of the molecule is COC(=O)CC(=O)c1c(C)cc2cc(O)cc([OH2+])c2c1O. The number of aryl methyl sites for hydroxylation is 1. The van der Waals surface area contributed by atoms with Gasteiger partial charge in [0.1, 0.15) is 23.3 Å². The van der Waals surface area contributed by atoms with Crippen molar-refractivity contribution in [1.82, 2.24) is 0 Å². The summed E-state index contributed by atoms with van der Waals surface area (Å²) in [5.74, 6) is -1.83. The van der Waals surface area contributed by atoms with E-state index in [-0.39, 0.29) is 28.2 Å². The zero-order valence-corrected chi connectivity index (χ0v) is 11.6. The molecule has 6 nitrogen and oxygen atoms in total. The summed E-state index contributed by atoms with van der Waals surface area (Å²) in [7, 11) is 1.17. The second-order valence-corrected chi connectivity index (χ2v) is 4.68. The molecule has 21 heavy (non-hydrogen) atoms. The summed E-state index contributed by atoms with van der Waals surface area (Å²) in [5, 5.41) is 28.2. The molecular formula is C15H15O6+. The van der Waals surface area contributed by atoms with Crippen LogP contribution in [0, 0.1) is 6.92 Å². The lowest BCUT2D eigenvalue weighted by atomic mass is 9.95. The van der Waals surface area contributed by atoms with E-state index in [2.05, 4.69) is 4.74 Å². The highest BCUT2D eigenvalue weighted by atomic mass is 16.5. The Morgan fingerprint density at radius 3 is 2.52 bits per heavy atom. The Morgan fingerprint density at radius 2 is 1.90 bits per heavy atom. The van der Waals surface area contributed by atoms with Crippen molar-refractivity contribution in [1.29, 1.82) is 0 Å². The number of hydrogen-bond acceptors (Lipinski definition) is 5. The standard InChI is InChI=1S/C15H14O6/c1-7-3-8-4-9(16)5-10(17)14(8)15(20)13(7)11(18)6-12(19)21-2/h3-5,16-17,20H,6H2,1-2H3/p+1. The van der Waals surface area contributed by atoms with Crippen molar-refractivity contribution in [3.8, 4) is 17.2 Å². The van der Waals surface area contributed by atoms with E-state index in [9.17, 15) is 19.8 Å². The van der Waals surface area contributed by atoms with Gasteiger partial charge in [-0.25, -0.2) is 0 Å². The van der Waals surface area contributed by atoms with Gasteiger partial charge in [-0.3, -0.25) is 9.59 Å². The van der Waals surface area contributed by atoms with E-state index in [1.165, 1.54) is 19.2 Å². The fourth-order valence-electron chi connectivity index (χ4n) is 2.29. The number of Topliss-reactive ketones (excluding diaryl/α,β-unsaturated/α-hetero) is 1. The van der Waals surface area contributed by atoms with Crippen LogP contribution in [0.3, 0.4) is 0 Å². The molecule has 0 amide bonds. The Balaban J connectivity index is 2.65. The Kier molecular flexibility index (Phi) is 3.71. The molecule has 0 unspecified atom stereocenters. The largest absolute Gasteiger partial charge is 0.593 e. The van der Waals surface area contributed by atoms with Crippen LogP contribution in [0.2, 0.25) is 0 Å². The van der Waals surface area contributed by atoms with Crippen molar-refractivity contribution in [3.05, 3.63) is 29.3 Å². The number of phenolic OH excluding ortho intramolecular Hbond substituents is 2. The minimum atomic E-state index is -0.698. The lowest BCUT2D eigenvalue weighted by Crippen LogP contribution is -2.11. The Labute approximate surface area is 120 Å². The van der Waals surface area contributed by atoms with Crippen LogP contribution in [0.5, 0.6) is 17.2 Å². The van der Waals surface area contributed by atoms with Gasteiger partial charge in [0.2, 0.25) is 0 Å². The van der Waals surface area contributed by atoms with Crippen molar-refractivity contribution >= 4 is 22.5 Å². The highest BCUT2D eigenvalue weighted by Crippen LogP contribution is 2.40. The first-order valence-corrected chi connectivity index (χ1v) is 6.16. The summed E-state index contributed by atoms with van der Waals surface area (Å²) in [6.45, 7) is 1.61. The zero-order valence-electron chi connectivity index (χ0n) is 11.6. The van der Waals surface area contributed by atoms with Crippen molar-refractivity contribution in [2.75, 3.05) is 7.11 Å². The average Bonchev–Trinajstić information content (AvgIpc) is 2.36. The minimum Gasteiger partial charge on any atom is -0.593 e. The second-order valence-electron chi connectivity index (χ2n) is 4.68. The maximum absolute atomic E-state index is 12.1. The van der Waals surface area contributed by atoms with E-state index in [1.807, 2.05) is 0 Å². The molecule has 0 aliphatic heterocycles. The second kappa shape index (κ2) is 5.32. The number of esters is 1. The summed E-state index contributed by atoms with van der Waals surface area (Å²) in [5.41, 5.74) is 0.450. The number of fused-ring (bicyclic) bond motifs is 1. The van der Waals surface area contributed by atoms with Gasteiger partial charge in [0.25, 0.3) is 5.75 Å². The smallest absolute Gasteiger partial charge is 0.313 e. The molecule has 2 aromatic carbocycles. The Morgan fingerprint density at radius 1 is 1.24 bits per heavy atom. The predicted octanol–water partition coefficient (Wildman–Crippen LogP) is 1.74. The highest BCUT2D eigenvalue weighted by Gasteiger charge is 2.23. The molecule has 4 N–H and O–H groups in total. The molecule has 0 bridgehead atoms. The molecule has 110 valence electrons. The van der Waals surface area contributed by atoms with Crippen LogP contribution < -0.4 is 0 Å². The topological polar surface area (TPSA) is 107 Å². The normalized spacial score (nSPS) is 10.6. The third-order valence-corrected chi connectivity index (χ3v) is 3.20. The quantitative estimate of drug-likeness (QED) is 0.388. The summed E-state index contributed by atoms with van der Waals surface area (Å²) >= 11 is 0. The van der Waals surface area contributed by atoms with Gasteiger partial charge in [0, 0.05) is 0 Å². The summed E-state index contributed by atoms with van der Waals surface area (Å²) in [6.07, 6.45) is -0.484. The van der Waals surface area contributed by atoms with Gasteiger partial charge in [-0.2, -0.15) is 0 Å². The fourth-order valence-corrected chi connectivity index (χ4v) is 2.29. The molecule has 0 aliphatic carbocycles. The first-order valence-electron chi connectivity index (χ1n) is 6.16. The van der Waals surface area contributed by atoms with E-state index >= 15 is 0 Å². The number of carbonyl (C=O) groups is 2. The van der Waals surface area contributed by atoms with Crippen LogP contribution >= 0.6 is 0 Å². The van der Waals surface area contributed by atoms with Crippen LogP contribution in [-0.2, 0) is 9.53 Å². The van der Waals surface area contributed by atoms with Crippen LogP contribution in [0.1, 0.15) is 22.3 Å². The maximum Gasteiger partial charge on any atom is 0.313 e. The van der Waals surface area contributed by atoms with Crippen LogP contribution in [0.25, 0.3) is 10.8 Å². The molecule has 0 aromatic heterocycles. The minimum absolute atomic E-state index is 0.00732. The summed E-state index contributed by atoms with van der Waals surface area (Å²) in [4.78, 5) is 23.3. The number of methoxy groups -OCH3 is 1. The van der Waals surface area contributed by atoms with Gasteiger partial charge in [-0.15, -0.1) is 0 Å². The molecule has 0 fully saturated rings. The first kappa shape index (κ1) is 14.6. The predicted molar refractivity (Wildman–Crippen MR) is 76.0 cm³/mol. The van der Waals surface area contributed by atoms with Gasteiger partial charge in [-0.05, 0) is 30.0 Å². The summed E-state index contributed by atoms with van der Waals surface area (Å²) in [6, 6.07) is 4.15. The monoisotopic (exact) mass is 291 g/mol. The fraction of sp³-hybridized carbons (Fsp3) is 0.200. The number of ether oxygens (including phenoxy) is 1. The number of ketones is 1. The van der Waals surface area contributed by atoms with Crippen molar-refractivity contribution in [2.24, 2.45) is 0 Å². The molecule has 2 rings (SSSR count). The van der Waals surface area contributed by atoms with E-state index in [1.54, 1.807) is 13.0 Å². The summed E-state index contributed by atoms with van der Waals surface area (Å²) < 4.78 is 4.44. The first-order chi connectivity index (χ1) is 9.85. The number of rotatable bonds is 3. The molecule has 0 radical (unpaired) electrons. The highest BCUT2D eigenvalue weighted by molar-refractivity contribution is 6.12. The molecule has 2 aromatic rings. The van der Waals surface area contributed by atoms with E-state index in [0.717, 1.165) is 0 Å². The average molecular weight is 291 g/mol. The van der Waals surface area contributed by atoms with Crippen LogP contribution in [0.15, 0.2) is 18.2 Å². The number of phenols is 2. The van der Waals surface area contributed by atoms with E-state index < -0.39 is 18.2 Å². The molecule has 0 atom stereocenters. The van der Waals surface area contributed by atoms with Gasteiger partial charge < -0.3 is 20.1 Å². The number of aromatic hydroxyl groups is 2. The molecule has 0 spiro atoms. The van der Waals surface area contributed by atoms with Crippen molar-refractivity contribution < 1.29 is 29.6 Å². The lowest BCUT2D eigenvalue weighted by molar-refractivity contribution is -0.139. The third kappa shape index (κ3) is 2.60. The number of hydrogen-bond donors (Lipinski definition) is 2. The third-order valence-electron chi connectivity index (χ3n) is 3.20. The van der Waals surface area contributed by atoms with E-state index in [0.29, 0.717) is 10.9 Å². The molecule has 0 aliphatic rings. The molecule has 0 saturated carbocycles. The lowest BCUT2D eigenvalue weighted by Gasteiger charge is -2.10. The van der Waals surface area contributed by atoms with E-state index in [4.69, 9.17) is 5.11 Å². The van der Waals surface area contributed by atoms with Crippen molar-refractivity contribution in [3.63, 3.8) is 0 Å². The van der Waals surface area contributed by atoms with Gasteiger partial charge in [-0.1, -0.05) is 0 Å². The molecule has 6 heteroatoms. The molecule has 0 heterocycles. The van der Waals surface area contributed by atoms with Gasteiger partial charge in [0.15, 0.2) is 5.78 Å². The Hall–Kier alpha value is -2.76. The Bertz CT molecular complexity index is 748. The number of carbonyl (C=O) groups excluding carboxylic acids is 2. The van der Waals surface area contributed by atoms with Crippen LogP contribution in [-0.4, -0.2) is 34.2 Å².